The summed E-state index contributed by atoms with van der Waals surface area (Å²) in [6.07, 6.45) is 7.40. The molecule has 0 amide bonds. The first kappa shape index (κ1) is 11.5. The molecular weight excluding hydrogens is 238 g/mol. The first-order valence-electron chi connectivity index (χ1n) is 5.96. The Morgan fingerprint density at radius 2 is 1.68 bits per heavy atom. The summed E-state index contributed by atoms with van der Waals surface area (Å²) in [6, 6.07) is 11.7. The van der Waals surface area contributed by atoms with E-state index in [1.54, 1.807) is 19.5 Å². The second-order valence-corrected chi connectivity index (χ2v) is 4.11. The minimum absolute atomic E-state index is 0.838. The van der Waals surface area contributed by atoms with E-state index >= 15 is 0 Å². The quantitative estimate of drug-likeness (QED) is 0.718. The molecule has 0 unspecified atom stereocenters. The molecule has 0 spiro atoms. The van der Waals surface area contributed by atoms with E-state index in [0.717, 1.165) is 22.6 Å². The third-order valence-electron chi connectivity index (χ3n) is 2.93. The number of hydrogen-bond donors (Lipinski definition) is 0. The van der Waals surface area contributed by atoms with E-state index in [2.05, 4.69) is 10.1 Å². The average Bonchev–Trinajstić information content (AvgIpc) is 2.98. The van der Waals surface area contributed by atoms with Crippen LogP contribution in [0.2, 0.25) is 0 Å². The van der Waals surface area contributed by atoms with Crippen LogP contribution in [0.3, 0.4) is 0 Å². The lowest BCUT2D eigenvalue weighted by molar-refractivity contribution is 0.414. The number of aromatic nitrogens is 3. The van der Waals surface area contributed by atoms with Gasteiger partial charge in [-0.05, 0) is 42.0 Å². The van der Waals surface area contributed by atoms with Gasteiger partial charge in [0, 0.05) is 24.2 Å². The fourth-order valence-corrected chi connectivity index (χ4v) is 1.89. The number of benzene rings is 1. The van der Waals surface area contributed by atoms with Crippen LogP contribution >= 0.6 is 0 Å². The Morgan fingerprint density at radius 3 is 2.37 bits per heavy atom. The Morgan fingerprint density at radius 1 is 0.947 bits per heavy atom. The van der Waals surface area contributed by atoms with Crippen LogP contribution in [0.4, 0.5) is 0 Å². The van der Waals surface area contributed by atoms with Crippen LogP contribution in [0, 0.1) is 0 Å². The Kier molecular flexibility index (Phi) is 2.98. The van der Waals surface area contributed by atoms with Crippen molar-refractivity contribution in [1.29, 1.82) is 0 Å². The zero-order valence-corrected chi connectivity index (χ0v) is 10.5. The molecule has 0 saturated heterocycles. The van der Waals surface area contributed by atoms with Crippen molar-refractivity contribution in [3.8, 4) is 22.6 Å². The molecule has 0 fully saturated rings. The molecule has 0 radical (unpaired) electrons. The number of hydrogen-bond acceptors (Lipinski definition) is 3. The van der Waals surface area contributed by atoms with E-state index in [0.29, 0.717) is 0 Å². The number of rotatable bonds is 3. The average molecular weight is 251 g/mol. The van der Waals surface area contributed by atoms with E-state index in [4.69, 9.17) is 4.74 Å². The van der Waals surface area contributed by atoms with Gasteiger partial charge in [0.25, 0.3) is 0 Å². The van der Waals surface area contributed by atoms with E-state index < -0.39 is 0 Å². The summed E-state index contributed by atoms with van der Waals surface area (Å²) in [7, 11) is 1.66. The number of nitrogens with zero attached hydrogens (tertiary/aromatic N) is 3. The van der Waals surface area contributed by atoms with Crippen LogP contribution in [-0.4, -0.2) is 21.9 Å². The Labute approximate surface area is 111 Å². The van der Waals surface area contributed by atoms with E-state index in [1.165, 1.54) is 0 Å². The first-order valence-corrected chi connectivity index (χ1v) is 5.96. The Balaban J connectivity index is 1.92. The van der Waals surface area contributed by atoms with E-state index in [-0.39, 0.29) is 0 Å². The summed E-state index contributed by atoms with van der Waals surface area (Å²) < 4.78 is 6.99. The first-order chi connectivity index (χ1) is 9.36. The van der Waals surface area contributed by atoms with Crippen LogP contribution in [0.15, 0.2) is 61.2 Å². The maximum absolute atomic E-state index is 5.14. The highest BCUT2D eigenvalue weighted by atomic mass is 16.5. The van der Waals surface area contributed by atoms with Gasteiger partial charge in [0.05, 0.1) is 19.0 Å². The zero-order valence-electron chi connectivity index (χ0n) is 10.5. The summed E-state index contributed by atoms with van der Waals surface area (Å²) in [6.45, 7) is 0. The van der Waals surface area contributed by atoms with E-state index in [1.807, 2.05) is 53.5 Å². The van der Waals surface area contributed by atoms with Crippen molar-refractivity contribution in [2.24, 2.45) is 0 Å². The van der Waals surface area contributed by atoms with Crippen LogP contribution < -0.4 is 4.74 Å². The van der Waals surface area contributed by atoms with Crippen LogP contribution in [-0.2, 0) is 0 Å². The monoisotopic (exact) mass is 251 g/mol. The summed E-state index contributed by atoms with van der Waals surface area (Å²) in [5, 5.41) is 4.37. The molecule has 3 aromatic rings. The molecule has 94 valence electrons. The Bertz CT molecular complexity index is 659. The van der Waals surface area contributed by atoms with Gasteiger partial charge in [-0.25, -0.2) is 4.68 Å². The lowest BCUT2D eigenvalue weighted by Gasteiger charge is -2.03. The van der Waals surface area contributed by atoms with Crippen molar-refractivity contribution in [1.82, 2.24) is 14.8 Å². The predicted molar refractivity (Wildman–Crippen MR) is 73.3 cm³/mol. The van der Waals surface area contributed by atoms with Crippen molar-refractivity contribution in [2.45, 2.75) is 0 Å². The SMILES string of the molecule is COc1ccc(-n2cc(-c3ccncc3)cn2)cc1. The van der Waals surface area contributed by atoms with Crippen LogP contribution in [0.5, 0.6) is 5.75 Å². The molecule has 1 aromatic carbocycles. The van der Waals surface area contributed by atoms with Gasteiger partial charge in [0.15, 0.2) is 0 Å². The van der Waals surface area contributed by atoms with Gasteiger partial charge in [0.1, 0.15) is 5.75 Å². The number of pyridine rings is 1. The molecule has 19 heavy (non-hydrogen) atoms. The van der Waals surface area contributed by atoms with Crippen molar-refractivity contribution >= 4 is 0 Å². The highest BCUT2D eigenvalue weighted by Gasteiger charge is 2.03. The van der Waals surface area contributed by atoms with Gasteiger partial charge in [-0.2, -0.15) is 5.10 Å². The van der Waals surface area contributed by atoms with Crippen LogP contribution in [0.25, 0.3) is 16.8 Å². The second kappa shape index (κ2) is 4.94. The van der Waals surface area contributed by atoms with Crippen LogP contribution in [0.1, 0.15) is 0 Å². The third kappa shape index (κ3) is 2.33. The second-order valence-electron chi connectivity index (χ2n) is 4.11. The molecular formula is C15H13N3O. The van der Waals surface area contributed by atoms with Crippen molar-refractivity contribution in [2.75, 3.05) is 7.11 Å². The van der Waals surface area contributed by atoms with Gasteiger partial charge in [-0.15, -0.1) is 0 Å². The highest BCUT2D eigenvalue weighted by molar-refractivity contribution is 5.61. The van der Waals surface area contributed by atoms with Gasteiger partial charge < -0.3 is 4.74 Å². The largest absolute Gasteiger partial charge is 0.497 e. The summed E-state index contributed by atoms with van der Waals surface area (Å²) in [4.78, 5) is 4.01. The molecule has 2 heterocycles. The molecule has 0 aliphatic rings. The van der Waals surface area contributed by atoms with Gasteiger partial charge in [-0.1, -0.05) is 0 Å². The fourth-order valence-electron chi connectivity index (χ4n) is 1.89. The number of methoxy groups -OCH3 is 1. The molecule has 4 nitrogen and oxygen atoms in total. The minimum Gasteiger partial charge on any atom is -0.497 e. The van der Waals surface area contributed by atoms with Crippen molar-refractivity contribution in [3.05, 3.63) is 61.2 Å². The summed E-state index contributed by atoms with van der Waals surface area (Å²) >= 11 is 0. The molecule has 0 aliphatic heterocycles. The molecule has 2 aromatic heterocycles. The molecule has 0 bridgehead atoms. The van der Waals surface area contributed by atoms with Gasteiger partial charge in [0.2, 0.25) is 0 Å². The van der Waals surface area contributed by atoms with Crippen molar-refractivity contribution < 1.29 is 4.74 Å². The summed E-state index contributed by atoms with van der Waals surface area (Å²) in [5.74, 6) is 0.838. The maximum atomic E-state index is 5.14. The topological polar surface area (TPSA) is 39.9 Å². The Hall–Kier alpha value is -2.62. The number of ether oxygens (including phenoxy) is 1. The third-order valence-corrected chi connectivity index (χ3v) is 2.93. The van der Waals surface area contributed by atoms with Gasteiger partial charge >= 0.3 is 0 Å². The smallest absolute Gasteiger partial charge is 0.119 e. The normalized spacial score (nSPS) is 10.4. The van der Waals surface area contributed by atoms with E-state index in [9.17, 15) is 0 Å². The molecule has 0 N–H and O–H groups in total. The molecule has 0 atom stereocenters. The van der Waals surface area contributed by atoms with Crippen molar-refractivity contribution in [3.63, 3.8) is 0 Å². The summed E-state index contributed by atoms with van der Waals surface area (Å²) in [5.41, 5.74) is 3.18. The molecule has 3 rings (SSSR count). The maximum Gasteiger partial charge on any atom is 0.119 e. The van der Waals surface area contributed by atoms with Gasteiger partial charge in [-0.3, -0.25) is 4.98 Å². The highest BCUT2D eigenvalue weighted by Crippen LogP contribution is 2.20. The standard InChI is InChI=1S/C15H13N3O/c1-19-15-4-2-14(3-5-15)18-11-13(10-17-18)12-6-8-16-9-7-12/h2-11H,1H3. The fraction of sp³-hybridized carbons (Fsp3) is 0.0667. The predicted octanol–water partition coefficient (Wildman–Crippen LogP) is 2.94. The lowest BCUT2D eigenvalue weighted by Crippen LogP contribution is -1.93. The lowest BCUT2D eigenvalue weighted by atomic mass is 10.1. The zero-order chi connectivity index (χ0) is 13.1. The minimum atomic E-state index is 0.838. The molecule has 0 saturated carbocycles. The molecule has 0 aliphatic carbocycles. The molecule has 4 heteroatoms.